The molecule has 0 bridgehead atoms. The van der Waals surface area contributed by atoms with Crippen LogP contribution >= 0.6 is 11.3 Å². The Labute approximate surface area is 198 Å². The number of hydrogen-bond acceptors (Lipinski definition) is 4. The van der Waals surface area contributed by atoms with Gasteiger partial charge in [-0.1, -0.05) is 60.7 Å². The van der Waals surface area contributed by atoms with Gasteiger partial charge in [0.05, 0.1) is 4.88 Å². The Morgan fingerprint density at radius 1 is 0.879 bits per heavy atom. The molecule has 5 rings (SSSR count). The van der Waals surface area contributed by atoms with E-state index in [2.05, 4.69) is 36.4 Å². The predicted molar refractivity (Wildman–Crippen MR) is 131 cm³/mol. The Morgan fingerprint density at radius 3 is 2.18 bits per heavy atom. The lowest BCUT2D eigenvalue weighted by Crippen LogP contribution is -2.47. The molecule has 5 nitrogen and oxygen atoms in total. The number of carbonyl (C=O) groups is 2. The van der Waals surface area contributed by atoms with Gasteiger partial charge in [-0.15, -0.1) is 11.3 Å². The monoisotopic (exact) mass is 459 g/mol. The van der Waals surface area contributed by atoms with Crippen molar-refractivity contribution < 1.29 is 9.59 Å². The molecule has 2 aromatic carbocycles. The summed E-state index contributed by atoms with van der Waals surface area (Å²) in [5.41, 5.74) is 8.22. The fourth-order valence-electron chi connectivity index (χ4n) is 5.17. The van der Waals surface area contributed by atoms with Crippen molar-refractivity contribution >= 4 is 23.2 Å². The van der Waals surface area contributed by atoms with Crippen molar-refractivity contribution in [2.24, 2.45) is 5.73 Å². The van der Waals surface area contributed by atoms with Crippen molar-refractivity contribution in [3.8, 4) is 0 Å². The lowest BCUT2D eigenvalue weighted by molar-refractivity contribution is -0.134. The molecule has 2 N–H and O–H groups in total. The average molecular weight is 460 g/mol. The van der Waals surface area contributed by atoms with Crippen LogP contribution in [0.15, 0.2) is 72.8 Å². The lowest BCUT2D eigenvalue weighted by atomic mass is 9.96. The number of rotatable bonds is 5. The molecule has 3 heterocycles. The minimum atomic E-state index is -0.430. The molecule has 3 aromatic rings. The van der Waals surface area contributed by atoms with Gasteiger partial charge in [0.2, 0.25) is 5.91 Å². The number of nitrogens with zero attached hydrogens (tertiary/aromatic N) is 2. The largest absolute Gasteiger partial charge is 0.340 e. The van der Waals surface area contributed by atoms with Gasteiger partial charge in [-0.3, -0.25) is 9.59 Å². The number of benzene rings is 2. The molecule has 2 amide bonds. The number of likely N-dealkylation sites (tertiary alicyclic amines) is 2. The van der Waals surface area contributed by atoms with Gasteiger partial charge < -0.3 is 15.5 Å². The molecule has 3 unspecified atom stereocenters. The Balaban J connectivity index is 1.37. The molecule has 2 aliphatic heterocycles. The van der Waals surface area contributed by atoms with Gasteiger partial charge in [-0.2, -0.15) is 0 Å². The molecule has 0 saturated carbocycles. The maximum Gasteiger partial charge on any atom is 0.264 e. The Hall–Kier alpha value is -2.96. The Morgan fingerprint density at radius 2 is 1.55 bits per heavy atom. The first-order chi connectivity index (χ1) is 16.1. The Bertz CT molecular complexity index is 1110. The van der Waals surface area contributed by atoms with Gasteiger partial charge >= 0.3 is 0 Å². The van der Waals surface area contributed by atoms with E-state index >= 15 is 0 Å². The molecule has 0 aliphatic carbocycles. The van der Waals surface area contributed by atoms with E-state index in [1.165, 1.54) is 22.5 Å². The number of amides is 2. The number of carbonyl (C=O) groups excluding carboxylic acids is 2. The lowest BCUT2D eigenvalue weighted by Gasteiger charge is -2.27. The first-order valence-electron chi connectivity index (χ1n) is 11.6. The Kier molecular flexibility index (Phi) is 6.29. The molecule has 33 heavy (non-hydrogen) atoms. The molecule has 170 valence electrons. The third kappa shape index (κ3) is 4.45. The number of thiophene rings is 1. The van der Waals surface area contributed by atoms with Gasteiger partial charge in [0.25, 0.3) is 5.91 Å². The van der Waals surface area contributed by atoms with Gasteiger partial charge in [-0.25, -0.2) is 0 Å². The molecule has 2 aliphatic rings. The molecular weight excluding hydrogens is 430 g/mol. The SMILES string of the molecule is NCc1ccc(C(=O)N2CC(c3ccccc3)CC2C(=O)N2CCC(c3ccccc3)C2)s1. The van der Waals surface area contributed by atoms with Crippen LogP contribution in [0.4, 0.5) is 0 Å². The highest BCUT2D eigenvalue weighted by Crippen LogP contribution is 2.36. The molecule has 1 aromatic heterocycles. The summed E-state index contributed by atoms with van der Waals surface area (Å²) in [5.74, 6) is 0.534. The summed E-state index contributed by atoms with van der Waals surface area (Å²) in [6, 6.07) is 24.0. The summed E-state index contributed by atoms with van der Waals surface area (Å²) >= 11 is 1.43. The fourth-order valence-corrected chi connectivity index (χ4v) is 6.02. The van der Waals surface area contributed by atoms with Crippen LogP contribution in [0.1, 0.15) is 50.4 Å². The highest BCUT2D eigenvalue weighted by atomic mass is 32.1. The molecule has 3 atom stereocenters. The quantitative estimate of drug-likeness (QED) is 0.621. The van der Waals surface area contributed by atoms with Crippen molar-refractivity contribution in [2.45, 2.75) is 37.3 Å². The summed E-state index contributed by atoms with van der Waals surface area (Å²) in [6.45, 7) is 2.43. The normalized spacial score (nSPS) is 22.6. The van der Waals surface area contributed by atoms with Gasteiger partial charge in [0, 0.05) is 42.9 Å². The average Bonchev–Trinajstić information content (AvgIpc) is 3.64. The molecule has 0 radical (unpaired) electrons. The van der Waals surface area contributed by atoms with Gasteiger partial charge in [0.15, 0.2) is 0 Å². The third-order valence-corrected chi connectivity index (χ3v) is 8.06. The second-order valence-corrected chi connectivity index (χ2v) is 10.1. The van der Waals surface area contributed by atoms with Crippen molar-refractivity contribution in [2.75, 3.05) is 19.6 Å². The first kappa shape index (κ1) is 21.9. The first-order valence-corrected chi connectivity index (χ1v) is 12.4. The molecule has 0 spiro atoms. The molecule has 6 heteroatoms. The topological polar surface area (TPSA) is 66.6 Å². The summed E-state index contributed by atoms with van der Waals surface area (Å²) in [6.07, 6.45) is 1.62. The van der Waals surface area contributed by atoms with E-state index in [0.29, 0.717) is 36.9 Å². The smallest absolute Gasteiger partial charge is 0.264 e. The van der Waals surface area contributed by atoms with Crippen LogP contribution in [0, 0.1) is 0 Å². The van der Waals surface area contributed by atoms with Crippen molar-refractivity contribution in [1.82, 2.24) is 9.80 Å². The second kappa shape index (κ2) is 9.49. The van der Waals surface area contributed by atoms with Crippen molar-refractivity contribution in [3.05, 3.63) is 93.7 Å². The number of hydrogen-bond donors (Lipinski definition) is 1. The van der Waals surface area contributed by atoms with E-state index in [9.17, 15) is 9.59 Å². The summed E-state index contributed by atoms with van der Waals surface area (Å²) < 4.78 is 0. The fraction of sp³-hybridized carbons (Fsp3) is 0.333. The third-order valence-electron chi connectivity index (χ3n) is 6.96. The molecule has 2 fully saturated rings. The van der Waals surface area contributed by atoms with Gasteiger partial charge in [0.1, 0.15) is 6.04 Å². The van der Waals surface area contributed by atoms with Crippen LogP contribution in [-0.2, 0) is 11.3 Å². The van der Waals surface area contributed by atoms with E-state index in [-0.39, 0.29) is 17.7 Å². The maximum absolute atomic E-state index is 13.7. The summed E-state index contributed by atoms with van der Waals surface area (Å²) in [4.78, 5) is 32.6. The zero-order chi connectivity index (χ0) is 22.8. The molecule has 2 saturated heterocycles. The minimum absolute atomic E-state index is 0.0599. The highest BCUT2D eigenvalue weighted by Gasteiger charge is 2.43. The summed E-state index contributed by atoms with van der Waals surface area (Å²) in [5, 5.41) is 0. The standard InChI is InChI=1S/C27H29N3O2S/c28-16-23-11-12-25(33-23)27(32)30-18-22(20-9-5-2-6-10-20)15-24(30)26(31)29-14-13-21(17-29)19-7-3-1-4-8-19/h1-12,21-22,24H,13-18,28H2. The van der Waals surface area contributed by atoms with Gasteiger partial charge in [-0.05, 0) is 36.1 Å². The van der Waals surface area contributed by atoms with E-state index in [0.717, 1.165) is 17.8 Å². The number of nitrogens with two attached hydrogens (primary N) is 1. The van der Waals surface area contributed by atoms with E-state index in [1.54, 1.807) is 0 Å². The maximum atomic E-state index is 13.7. The van der Waals surface area contributed by atoms with Crippen LogP contribution in [0.2, 0.25) is 0 Å². The van der Waals surface area contributed by atoms with Crippen LogP contribution in [0.3, 0.4) is 0 Å². The van der Waals surface area contributed by atoms with Crippen molar-refractivity contribution in [3.63, 3.8) is 0 Å². The zero-order valence-corrected chi connectivity index (χ0v) is 19.4. The van der Waals surface area contributed by atoms with E-state index in [1.807, 2.05) is 46.2 Å². The van der Waals surface area contributed by atoms with Crippen LogP contribution in [0.25, 0.3) is 0 Å². The highest BCUT2D eigenvalue weighted by molar-refractivity contribution is 7.14. The predicted octanol–water partition coefficient (Wildman–Crippen LogP) is 4.22. The van der Waals surface area contributed by atoms with Crippen LogP contribution in [-0.4, -0.2) is 47.3 Å². The van der Waals surface area contributed by atoms with Crippen molar-refractivity contribution in [1.29, 1.82) is 0 Å². The second-order valence-electron chi connectivity index (χ2n) is 8.97. The van der Waals surface area contributed by atoms with E-state index < -0.39 is 6.04 Å². The zero-order valence-electron chi connectivity index (χ0n) is 18.6. The van der Waals surface area contributed by atoms with Crippen LogP contribution in [0.5, 0.6) is 0 Å². The van der Waals surface area contributed by atoms with Crippen LogP contribution < -0.4 is 5.73 Å². The molecular formula is C27H29N3O2S. The minimum Gasteiger partial charge on any atom is -0.340 e. The van der Waals surface area contributed by atoms with E-state index in [4.69, 9.17) is 5.73 Å². The summed E-state index contributed by atoms with van der Waals surface area (Å²) in [7, 11) is 0.